The second-order valence-electron chi connectivity index (χ2n) is 4.58. The van der Waals surface area contributed by atoms with E-state index in [0.29, 0.717) is 19.2 Å². The number of rotatable bonds is 1. The van der Waals surface area contributed by atoms with Crippen LogP contribution in [0.15, 0.2) is 18.2 Å². The molecule has 1 aromatic carbocycles. The van der Waals surface area contributed by atoms with Gasteiger partial charge in [-0.05, 0) is 34.5 Å². The molecule has 2 aliphatic rings. The highest BCUT2D eigenvalue weighted by Gasteiger charge is 2.25. The highest BCUT2D eigenvalue weighted by atomic mass is 16.6. The first kappa shape index (κ1) is 10.6. The molecular weight excluding hydrogens is 246 g/mol. The number of anilines is 1. The fourth-order valence-corrected chi connectivity index (χ4v) is 2.54. The highest BCUT2D eigenvalue weighted by molar-refractivity contribution is 5.45. The van der Waals surface area contributed by atoms with Crippen molar-refractivity contribution in [3.8, 4) is 11.5 Å². The van der Waals surface area contributed by atoms with Gasteiger partial charge in [0, 0.05) is 6.54 Å². The van der Waals surface area contributed by atoms with Crippen LogP contribution in [0.1, 0.15) is 18.0 Å². The van der Waals surface area contributed by atoms with E-state index in [1.165, 1.54) is 0 Å². The molecule has 0 saturated heterocycles. The second-order valence-corrected chi connectivity index (χ2v) is 4.58. The lowest BCUT2D eigenvalue weighted by Gasteiger charge is -2.25. The smallest absolute Gasteiger partial charge is 0.243 e. The van der Waals surface area contributed by atoms with Crippen LogP contribution in [0.2, 0.25) is 0 Å². The molecule has 0 aliphatic carbocycles. The number of aromatic nitrogens is 4. The lowest BCUT2D eigenvalue weighted by molar-refractivity contribution is 0.171. The van der Waals surface area contributed by atoms with Gasteiger partial charge in [-0.15, -0.1) is 0 Å². The quantitative estimate of drug-likeness (QED) is 0.818. The van der Waals surface area contributed by atoms with E-state index in [0.717, 1.165) is 30.0 Å². The molecule has 3 heterocycles. The van der Waals surface area contributed by atoms with Gasteiger partial charge in [-0.2, -0.15) is 0 Å². The van der Waals surface area contributed by atoms with Crippen LogP contribution in [0, 0.1) is 0 Å². The van der Waals surface area contributed by atoms with E-state index in [1.54, 1.807) is 0 Å². The Morgan fingerprint density at radius 2 is 2.11 bits per heavy atom. The number of nitrogens with one attached hydrogen (secondary N) is 1. The SMILES string of the molecule is c1cc2c(cc1C1CCNc3nnnn31)OCCO2. The lowest BCUT2D eigenvalue weighted by atomic mass is 10.0. The Kier molecular flexibility index (Phi) is 2.29. The van der Waals surface area contributed by atoms with Crippen molar-refractivity contribution in [3.63, 3.8) is 0 Å². The van der Waals surface area contributed by atoms with Crippen LogP contribution in [0.25, 0.3) is 0 Å². The fraction of sp³-hybridized carbons (Fsp3) is 0.417. The molecule has 1 atom stereocenters. The summed E-state index contributed by atoms with van der Waals surface area (Å²) in [6.45, 7) is 2.06. The van der Waals surface area contributed by atoms with Gasteiger partial charge < -0.3 is 14.8 Å². The Labute approximate surface area is 109 Å². The predicted octanol–water partition coefficient (Wildman–Crippen LogP) is 0.849. The molecule has 19 heavy (non-hydrogen) atoms. The van der Waals surface area contributed by atoms with Gasteiger partial charge in [0.25, 0.3) is 0 Å². The van der Waals surface area contributed by atoms with Gasteiger partial charge in [-0.1, -0.05) is 11.2 Å². The zero-order chi connectivity index (χ0) is 12.7. The zero-order valence-electron chi connectivity index (χ0n) is 10.2. The molecule has 1 unspecified atom stereocenters. The van der Waals surface area contributed by atoms with Gasteiger partial charge in [0.2, 0.25) is 5.95 Å². The number of hydrogen-bond donors (Lipinski definition) is 1. The zero-order valence-corrected chi connectivity index (χ0v) is 10.2. The predicted molar refractivity (Wildman–Crippen MR) is 66.5 cm³/mol. The molecule has 0 radical (unpaired) electrons. The van der Waals surface area contributed by atoms with Gasteiger partial charge in [-0.3, -0.25) is 0 Å². The van der Waals surface area contributed by atoms with Crippen LogP contribution < -0.4 is 14.8 Å². The van der Waals surface area contributed by atoms with E-state index in [9.17, 15) is 0 Å². The summed E-state index contributed by atoms with van der Waals surface area (Å²) in [7, 11) is 0. The van der Waals surface area contributed by atoms with Crippen LogP contribution in [0.5, 0.6) is 11.5 Å². The average Bonchev–Trinajstić information content (AvgIpc) is 2.95. The number of hydrogen-bond acceptors (Lipinski definition) is 6. The molecular formula is C12H13N5O2. The molecule has 0 spiro atoms. The Morgan fingerprint density at radius 1 is 1.21 bits per heavy atom. The highest BCUT2D eigenvalue weighted by Crippen LogP contribution is 2.35. The Morgan fingerprint density at radius 3 is 3.05 bits per heavy atom. The van der Waals surface area contributed by atoms with E-state index in [4.69, 9.17) is 9.47 Å². The first-order valence-electron chi connectivity index (χ1n) is 6.33. The maximum Gasteiger partial charge on any atom is 0.243 e. The molecule has 98 valence electrons. The molecule has 0 amide bonds. The van der Waals surface area contributed by atoms with Crippen LogP contribution in [0.4, 0.5) is 5.95 Å². The normalized spacial score (nSPS) is 20.5. The molecule has 4 rings (SSSR count). The molecule has 7 nitrogen and oxygen atoms in total. The van der Waals surface area contributed by atoms with Gasteiger partial charge in [0.1, 0.15) is 13.2 Å². The van der Waals surface area contributed by atoms with Crippen LogP contribution in [-0.2, 0) is 0 Å². The number of benzene rings is 1. The van der Waals surface area contributed by atoms with Crippen LogP contribution >= 0.6 is 0 Å². The lowest BCUT2D eigenvalue weighted by Crippen LogP contribution is -2.25. The monoisotopic (exact) mass is 259 g/mol. The summed E-state index contributed by atoms with van der Waals surface area (Å²) in [5, 5.41) is 14.9. The number of nitrogens with zero attached hydrogens (tertiary/aromatic N) is 4. The number of ether oxygens (including phenoxy) is 2. The minimum Gasteiger partial charge on any atom is -0.486 e. The van der Waals surface area contributed by atoms with Gasteiger partial charge in [-0.25, -0.2) is 4.68 Å². The van der Waals surface area contributed by atoms with Crippen molar-refractivity contribution in [3.05, 3.63) is 23.8 Å². The first-order chi connectivity index (χ1) is 9.42. The van der Waals surface area contributed by atoms with Crippen molar-refractivity contribution in [1.82, 2.24) is 20.2 Å². The van der Waals surface area contributed by atoms with Crippen molar-refractivity contribution in [2.45, 2.75) is 12.5 Å². The second kappa shape index (κ2) is 4.11. The summed E-state index contributed by atoms with van der Waals surface area (Å²) in [4.78, 5) is 0. The minimum absolute atomic E-state index is 0.141. The first-order valence-corrected chi connectivity index (χ1v) is 6.33. The van der Waals surface area contributed by atoms with E-state index in [2.05, 4.69) is 26.9 Å². The summed E-state index contributed by atoms with van der Waals surface area (Å²) >= 11 is 0. The Hall–Kier alpha value is -2.31. The summed E-state index contributed by atoms with van der Waals surface area (Å²) in [5.74, 6) is 2.32. The molecule has 1 N–H and O–H groups in total. The molecule has 2 aliphatic heterocycles. The third kappa shape index (κ3) is 1.69. The van der Waals surface area contributed by atoms with Crippen molar-refractivity contribution < 1.29 is 9.47 Å². The van der Waals surface area contributed by atoms with Gasteiger partial charge >= 0.3 is 0 Å². The van der Waals surface area contributed by atoms with Crippen LogP contribution in [-0.4, -0.2) is 40.0 Å². The molecule has 1 aromatic heterocycles. The molecule has 0 saturated carbocycles. The van der Waals surface area contributed by atoms with Crippen LogP contribution in [0.3, 0.4) is 0 Å². The third-order valence-electron chi connectivity index (χ3n) is 3.44. The standard InChI is InChI=1S/C12H13N5O2/c1-2-10-11(19-6-5-18-10)7-8(1)9-3-4-13-12-14-15-16-17(9)12/h1-2,7,9H,3-6H2,(H,13,14,16). The minimum atomic E-state index is 0.141. The van der Waals surface area contributed by atoms with E-state index >= 15 is 0 Å². The largest absolute Gasteiger partial charge is 0.486 e. The topological polar surface area (TPSA) is 74.1 Å². The Balaban J connectivity index is 1.74. The number of tetrazole rings is 1. The van der Waals surface area contributed by atoms with Crippen molar-refractivity contribution in [2.24, 2.45) is 0 Å². The molecule has 0 fully saturated rings. The van der Waals surface area contributed by atoms with E-state index in [1.807, 2.05) is 16.8 Å². The summed E-state index contributed by atoms with van der Waals surface area (Å²) < 4.78 is 13.0. The number of fused-ring (bicyclic) bond motifs is 2. The van der Waals surface area contributed by atoms with E-state index < -0.39 is 0 Å². The fourth-order valence-electron chi connectivity index (χ4n) is 2.54. The molecule has 0 bridgehead atoms. The van der Waals surface area contributed by atoms with Crippen molar-refractivity contribution in [2.75, 3.05) is 25.1 Å². The summed E-state index contributed by atoms with van der Waals surface area (Å²) in [5.41, 5.74) is 1.14. The Bertz CT molecular complexity index is 612. The average molecular weight is 259 g/mol. The van der Waals surface area contributed by atoms with E-state index in [-0.39, 0.29) is 6.04 Å². The van der Waals surface area contributed by atoms with Gasteiger partial charge in [0.15, 0.2) is 11.5 Å². The maximum atomic E-state index is 5.62. The van der Waals surface area contributed by atoms with Gasteiger partial charge in [0.05, 0.1) is 6.04 Å². The van der Waals surface area contributed by atoms with Crippen molar-refractivity contribution in [1.29, 1.82) is 0 Å². The summed E-state index contributed by atoms with van der Waals surface area (Å²) in [6, 6.07) is 6.17. The van der Waals surface area contributed by atoms with Crippen molar-refractivity contribution >= 4 is 5.95 Å². The summed E-state index contributed by atoms with van der Waals surface area (Å²) in [6.07, 6.45) is 0.942. The molecule has 7 heteroatoms. The maximum absolute atomic E-state index is 5.62. The third-order valence-corrected chi connectivity index (χ3v) is 3.44. The molecule has 2 aromatic rings.